The summed E-state index contributed by atoms with van der Waals surface area (Å²) >= 11 is 0. The molecule has 0 heterocycles. The van der Waals surface area contributed by atoms with Gasteiger partial charge in [0.25, 0.3) is 0 Å². The molecule has 19 heavy (non-hydrogen) atoms. The average molecular weight is 260 g/mol. The number of ether oxygens (including phenoxy) is 1. The molecule has 0 radical (unpaired) electrons. The van der Waals surface area contributed by atoms with Crippen molar-refractivity contribution in [2.45, 2.75) is 13.5 Å². The Kier molecular flexibility index (Phi) is 4.19. The first kappa shape index (κ1) is 13.6. The van der Waals surface area contributed by atoms with E-state index in [1.165, 1.54) is 19.1 Å². The maximum atomic E-state index is 14.0. The molecule has 0 aromatic heterocycles. The molecular formula is C14H14BFO3. The Morgan fingerprint density at radius 3 is 2.42 bits per heavy atom. The van der Waals surface area contributed by atoms with Gasteiger partial charge in [-0.25, -0.2) is 4.39 Å². The third-order valence-corrected chi connectivity index (χ3v) is 2.91. The molecule has 0 saturated carbocycles. The van der Waals surface area contributed by atoms with Gasteiger partial charge in [0.1, 0.15) is 6.61 Å². The molecule has 0 atom stereocenters. The van der Waals surface area contributed by atoms with Crippen LogP contribution in [0.25, 0.3) is 0 Å². The zero-order valence-corrected chi connectivity index (χ0v) is 10.5. The zero-order chi connectivity index (χ0) is 13.8. The van der Waals surface area contributed by atoms with E-state index in [-0.39, 0.29) is 23.4 Å². The monoisotopic (exact) mass is 260 g/mol. The van der Waals surface area contributed by atoms with Gasteiger partial charge in [0.15, 0.2) is 11.6 Å². The standard InChI is InChI=1S/C14H14BFO3/c1-10-12(15(17)18)7-8-13(14(10)16)19-9-11-5-3-2-4-6-11/h2-8,17-18H,9H2,1H3. The van der Waals surface area contributed by atoms with Gasteiger partial charge in [-0.3, -0.25) is 0 Å². The van der Waals surface area contributed by atoms with Crippen LogP contribution < -0.4 is 10.2 Å². The minimum Gasteiger partial charge on any atom is -0.486 e. The summed E-state index contributed by atoms with van der Waals surface area (Å²) in [5, 5.41) is 18.2. The fourth-order valence-corrected chi connectivity index (χ4v) is 1.80. The van der Waals surface area contributed by atoms with Crippen LogP contribution in [-0.2, 0) is 6.61 Å². The fourth-order valence-electron chi connectivity index (χ4n) is 1.80. The minimum atomic E-state index is -1.68. The maximum absolute atomic E-state index is 14.0. The Balaban J connectivity index is 2.16. The lowest BCUT2D eigenvalue weighted by atomic mass is 9.77. The van der Waals surface area contributed by atoms with Gasteiger partial charge in [0, 0.05) is 0 Å². The number of benzene rings is 2. The normalized spacial score (nSPS) is 10.3. The quantitative estimate of drug-likeness (QED) is 0.817. The van der Waals surface area contributed by atoms with Crippen LogP contribution >= 0.6 is 0 Å². The van der Waals surface area contributed by atoms with Crippen LogP contribution in [0.2, 0.25) is 0 Å². The predicted octanol–water partition coefficient (Wildman–Crippen LogP) is 1.39. The molecule has 0 bridgehead atoms. The summed E-state index contributed by atoms with van der Waals surface area (Å²) < 4.78 is 19.4. The zero-order valence-electron chi connectivity index (χ0n) is 10.5. The first-order valence-corrected chi connectivity index (χ1v) is 5.91. The Morgan fingerprint density at radius 2 is 1.79 bits per heavy atom. The fraction of sp³-hybridized carbons (Fsp3) is 0.143. The molecule has 5 heteroatoms. The van der Waals surface area contributed by atoms with Crippen molar-refractivity contribution >= 4 is 12.6 Å². The smallest absolute Gasteiger partial charge is 0.486 e. The average Bonchev–Trinajstić information content (AvgIpc) is 2.41. The lowest BCUT2D eigenvalue weighted by Gasteiger charge is -2.11. The number of halogens is 1. The molecule has 0 aliphatic rings. The van der Waals surface area contributed by atoms with Crippen LogP contribution in [0.4, 0.5) is 4.39 Å². The molecule has 98 valence electrons. The van der Waals surface area contributed by atoms with Crippen molar-refractivity contribution in [3.05, 3.63) is 59.4 Å². The van der Waals surface area contributed by atoms with Crippen molar-refractivity contribution in [3.8, 4) is 5.75 Å². The van der Waals surface area contributed by atoms with Crippen LogP contribution in [-0.4, -0.2) is 17.2 Å². The molecule has 0 amide bonds. The predicted molar refractivity (Wildman–Crippen MR) is 71.7 cm³/mol. The summed E-state index contributed by atoms with van der Waals surface area (Å²) in [6.45, 7) is 1.75. The summed E-state index contributed by atoms with van der Waals surface area (Å²) in [6.07, 6.45) is 0. The highest BCUT2D eigenvalue weighted by molar-refractivity contribution is 6.59. The van der Waals surface area contributed by atoms with Crippen molar-refractivity contribution in [1.82, 2.24) is 0 Å². The van der Waals surface area contributed by atoms with Crippen LogP contribution in [0.15, 0.2) is 42.5 Å². The largest absolute Gasteiger partial charge is 0.488 e. The summed E-state index contributed by atoms with van der Waals surface area (Å²) in [6, 6.07) is 12.3. The summed E-state index contributed by atoms with van der Waals surface area (Å²) in [5.74, 6) is -0.465. The summed E-state index contributed by atoms with van der Waals surface area (Å²) in [7, 11) is -1.68. The first-order valence-electron chi connectivity index (χ1n) is 5.91. The number of rotatable bonds is 4. The van der Waals surface area contributed by atoms with Crippen molar-refractivity contribution in [2.75, 3.05) is 0 Å². The highest BCUT2D eigenvalue weighted by atomic mass is 19.1. The van der Waals surface area contributed by atoms with Gasteiger partial charge < -0.3 is 14.8 Å². The Hall–Kier alpha value is -1.85. The molecule has 2 rings (SSSR count). The van der Waals surface area contributed by atoms with Crippen molar-refractivity contribution in [1.29, 1.82) is 0 Å². The van der Waals surface area contributed by atoms with Crippen LogP contribution in [0, 0.1) is 12.7 Å². The van der Waals surface area contributed by atoms with E-state index in [2.05, 4.69) is 0 Å². The van der Waals surface area contributed by atoms with E-state index < -0.39 is 12.9 Å². The van der Waals surface area contributed by atoms with Crippen molar-refractivity contribution in [3.63, 3.8) is 0 Å². The van der Waals surface area contributed by atoms with Gasteiger partial charge in [-0.1, -0.05) is 36.4 Å². The lowest BCUT2D eigenvalue weighted by molar-refractivity contribution is 0.289. The summed E-state index contributed by atoms with van der Waals surface area (Å²) in [4.78, 5) is 0. The topological polar surface area (TPSA) is 49.7 Å². The summed E-state index contributed by atoms with van der Waals surface area (Å²) in [5.41, 5.74) is 1.26. The van der Waals surface area contributed by atoms with Crippen LogP contribution in [0.1, 0.15) is 11.1 Å². The van der Waals surface area contributed by atoms with E-state index >= 15 is 0 Å². The van der Waals surface area contributed by atoms with Gasteiger partial charge in [-0.15, -0.1) is 0 Å². The number of hydrogen-bond donors (Lipinski definition) is 2. The van der Waals surface area contributed by atoms with E-state index in [0.717, 1.165) is 5.56 Å². The van der Waals surface area contributed by atoms with Crippen molar-refractivity contribution in [2.24, 2.45) is 0 Å². The van der Waals surface area contributed by atoms with Gasteiger partial charge in [0.05, 0.1) is 0 Å². The van der Waals surface area contributed by atoms with E-state index in [9.17, 15) is 4.39 Å². The Morgan fingerprint density at radius 1 is 1.11 bits per heavy atom. The van der Waals surface area contributed by atoms with E-state index in [1.54, 1.807) is 0 Å². The Labute approximate surface area is 111 Å². The SMILES string of the molecule is Cc1c(B(O)O)ccc(OCc2ccccc2)c1F. The second kappa shape index (κ2) is 5.86. The molecule has 3 nitrogen and oxygen atoms in total. The van der Waals surface area contributed by atoms with E-state index in [0.29, 0.717) is 0 Å². The van der Waals surface area contributed by atoms with Gasteiger partial charge in [0.2, 0.25) is 0 Å². The second-order valence-electron chi connectivity index (χ2n) is 4.24. The van der Waals surface area contributed by atoms with Gasteiger partial charge in [-0.2, -0.15) is 0 Å². The van der Waals surface area contributed by atoms with E-state index in [4.69, 9.17) is 14.8 Å². The molecule has 0 spiro atoms. The molecule has 2 N–H and O–H groups in total. The molecule has 0 aliphatic carbocycles. The third kappa shape index (κ3) is 3.13. The van der Waals surface area contributed by atoms with Gasteiger partial charge in [-0.05, 0) is 29.6 Å². The molecule has 2 aromatic carbocycles. The highest BCUT2D eigenvalue weighted by Crippen LogP contribution is 2.20. The minimum absolute atomic E-state index is 0.103. The first-order chi connectivity index (χ1) is 9.09. The molecule has 0 unspecified atom stereocenters. The molecule has 0 saturated heterocycles. The molecular weight excluding hydrogens is 246 g/mol. The second-order valence-corrected chi connectivity index (χ2v) is 4.24. The Bertz CT molecular complexity index is 558. The molecule has 0 aliphatic heterocycles. The molecule has 0 fully saturated rings. The van der Waals surface area contributed by atoms with Crippen LogP contribution in [0.5, 0.6) is 5.75 Å². The number of hydrogen-bond acceptors (Lipinski definition) is 3. The maximum Gasteiger partial charge on any atom is 0.488 e. The molecule has 2 aromatic rings. The van der Waals surface area contributed by atoms with Crippen LogP contribution in [0.3, 0.4) is 0 Å². The lowest BCUT2D eigenvalue weighted by Crippen LogP contribution is -2.32. The van der Waals surface area contributed by atoms with Gasteiger partial charge >= 0.3 is 7.12 Å². The van der Waals surface area contributed by atoms with E-state index in [1.807, 2.05) is 30.3 Å². The highest BCUT2D eigenvalue weighted by Gasteiger charge is 2.19. The van der Waals surface area contributed by atoms with Crippen molar-refractivity contribution < 1.29 is 19.2 Å². The third-order valence-electron chi connectivity index (χ3n) is 2.91.